The van der Waals surface area contributed by atoms with Crippen molar-refractivity contribution in [3.63, 3.8) is 0 Å². The molecule has 1 fully saturated rings. The summed E-state index contributed by atoms with van der Waals surface area (Å²) in [5, 5.41) is 3.81. The van der Waals surface area contributed by atoms with Crippen molar-refractivity contribution in [1.29, 1.82) is 0 Å². The first-order valence-electron chi connectivity index (χ1n) is 8.15. The fraction of sp³-hybridized carbons (Fsp3) is 1.00. The van der Waals surface area contributed by atoms with Gasteiger partial charge in [-0.3, -0.25) is 0 Å². The van der Waals surface area contributed by atoms with Gasteiger partial charge in [-0.15, -0.1) is 0 Å². The van der Waals surface area contributed by atoms with Gasteiger partial charge < -0.3 is 11.1 Å². The van der Waals surface area contributed by atoms with Crippen molar-refractivity contribution < 1.29 is 0 Å². The molecule has 0 bridgehead atoms. The predicted octanol–water partition coefficient (Wildman–Crippen LogP) is 3.84. The smallest absolute Gasteiger partial charge is 0.0153 e. The van der Waals surface area contributed by atoms with Crippen LogP contribution in [0.15, 0.2) is 0 Å². The summed E-state index contributed by atoms with van der Waals surface area (Å²) >= 11 is 0. The highest BCUT2D eigenvalue weighted by atomic mass is 15.0. The zero-order valence-electron chi connectivity index (χ0n) is 12.6. The van der Waals surface area contributed by atoms with Gasteiger partial charge in [-0.2, -0.15) is 0 Å². The Morgan fingerprint density at radius 2 is 1.83 bits per heavy atom. The zero-order chi connectivity index (χ0) is 13.3. The van der Waals surface area contributed by atoms with Crippen LogP contribution in [0.2, 0.25) is 0 Å². The number of rotatable bonds is 9. The molecule has 2 heteroatoms. The molecule has 0 aromatic heterocycles. The largest absolute Gasteiger partial charge is 0.330 e. The van der Waals surface area contributed by atoms with Gasteiger partial charge in [-0.05, 0) is 58.0 Å². The second-order valence-corrected chi connectivity index (χ2v) is 6.42. The minimum Gasteiger partial charge on any atom is -0.330 e. The highest BCUT2D eigenvalue weighted by molar-refractivity contribution is 4.85. The first kappa shape index (κ1) is 16.0. The molecule has 1 unspecified atom stereocenters. The minimum absolute atomic E-state index is 0.437. The van der Waals surface area contributed by atoms with Gasteiger partial charge in [0.2, 0.25) is 0 Å². The first-order valence-corrected chi connectivity index (χ1v) is 8.15. The number of nitrogens with two attached hydrogens (primary N) is 1. The maximum Gasteiger partial charge on any atom is 0.0153 e. The second-order valence-electron chi connectivity index (χ2n) is 6.42. The summed E-state index contributed by atoms with van der Waals surface area (Å²) in [5.74, 6) is 0.862. The molecule has 1 saturated carbocycles. The molecule has 0 radical (unpaired) electrons. The van der Waals surface area contributed by atoms with Gasteiger partial charge >= 0.3 is 0 Å². The highest BCUT2D eigenvalue weighted by Gasteiger charge is 2.25. The Morgan fingerprint density at radius 1 is 1.11 bits per heavy atom. The van der Waals surface area contributed by atoms with Crippen LogP contribution in [0.25, 0.3) is 0 Å². The summed E-state index contributed by atoms with van der Waals surface area (Å²) in [7, 11) is 0. The molecular formula is C16H34N2. The van der Waals surface area contributed by atoms with Crippen LogP contribution in [0.4, 0.5) is 0 Å². The molecule has 0 spiro atoms. The minimum atomic E-state index is 0.437. The molecule has 0 heterocycles. The zero-order valence-corrected chi connectivity index (χ0v) is 12.6. The van der Waals surface area contributed by atoms with E-state index in [4.69, 9.17) is 5.73 Å². The van der Waals surface area contributed by atoms with Crippen molar-refractivity contribution in [2.45, 2.75) is 83.6 Å². The van der Waals surface area contributed by atoms with Crippen molar-refractivity contribution in [1.82, 2.24) is 5.32 Å². The van der Waals surface area contributed by atoms with Gasteiger partial charge in [0, 0.05) is 5.54 Å². The molecule has 2 nitrogen and oxygen atoms in total. The first-order chi connectivity index (χ1) is 8.70. The molecule has 18 heavy (non-hydrogen) atoms. The maximum atomic E-state index is 5.69. The van der Waals surface area contributed by atoms with Crippen LogP contribution < -0.4 is 11.1 Å². The topological polar surface area (TPSA) is 38.0 Å². The third-order valence-corrected chi connectivity index (χ3v) is 4.57. The monoisotopic (exact) mass is 254 g/mol. The summed E-state index contributed by atoms with van der Waals surface area (Å²) in [6.07, 6.45) is 13.5. The van der Waals surface area contributed by atoms with E-state index in [0.29, 0.717) is 5.54 Å². The molecule has 1 aliphatic rings. The Labute approximate surface area is 114 Å². The van der Waals surface area contributed by atoms with Crippen molar-refractivity contribution in [3.8, 4) is 0 Å². The number of hydrogen-bond acceptors (Lipinski definition) is 2. The summed E-state index contributed by atoms with van der Waals surface area (Å²) in [6.45, 7) is 6.75. The molecule has 0 saturated heterocycles. The standard InChI is InChI=1S/C16H34N2/c1-3-8-15(10-13-17)9-7-14-18-16(2)11-5-4-6-12-16/h15,18H,3-14,17H2,1-2H3. The van der Waals surface area contributed by atoms with Crippen molar-refractivity contribution in [2.24, 2.45) is 11.7 Å². The van der Waals surface area contributed by atoms with E-state index >= 15 is 0 Å². The van der Waals surface area contributed by atoms with Crippen LogP contribution >= 0.6 is 0 Å². The SMILES string of the molecule is CCCC(CCN)CCCNC1(C)CCCCC1. The van der Waals surface area contributed by atoms with Crippen molar-refractivity contribution >= 4 is 0 Å². The van der Waals surface area contributed by atoms with Crippen LogP contribution in [0, 0.1) is 5.92 Å². The molecular weight excluding hydrogens is 220 g/mol. The second kappa shape index (κ2) is 8.92. The Morgan fingerprint density at radius 3 is 2.44 bits per heavy atom. The van der Waals surface area contributed by atoms with Crippen molar-refractivity contribution in [3.05, 3.63) is 0 Å². The summed E-state index contributed by atoms with van der Waals surface area (Å²) < 4.78 is 0. The molecule has 3 N–H and O–H groups in total. The molecule has 1 rings (SSSR count). The van der Waals surface area contributed by atoms with Gasteiger partial charge in [0.25, 0.3) is 0 Å². The van der Waals surface area contributed by atoms with E-state index in [9.17, 15) is 0 Å². The van der Waals surface area contributed by atoms with E-state index in [1.54, 1.807) is 0 Å². The van der Waals surface area contributed by atoms with Crippen LogP contribution in [-0.2, 0) is 0 Å². The van der Waals surface area contributed by atoms with Gasteiger partial charge in [0.05, 0.1) is 0 Å². The van der Waals surface area contributed by atoms with Crippen molar-refractivity contribution in [2.75, 3.05) is 13.1 Å². The highest BCUT2D eigenvalue weighted by Crippen LogP contribution is 2.27. The lowest BCUT2D eigenvalue weighted by Gasteiger charge is -2.35. The van der Waals surface area contributed by atoms with Gasteiger partial charge in [0.15, 0.2) is 0 Å². The van der Waals surface area contributed by atoms with Crippen LogP contribution in [0.5, 0.6) is 0 Å². The van der Waals surface area contributed by atoms with E-state index in [-0.39, 0.29) is 0 Å². The molecule has 0 aromatic carbocycles. The fourth-order valence-electron chi connectivity index (χ4n) is 3.37. The molecule has 108 valence electrons. The lowest BCUT2D eigenvalue weighted by atomic mass is 9.83. The molecule has 0 amide bonds. The number of hydrogen-bond donors (Lipinski definition) is 2. The summed E-state index contributed by atoms with van der Waals surface area (Å²) in [5.41, 5.74) is 6.12. The Balaban J connectivity index is 2.12. The van der Waals surface area contributed by atoms with E-state index in [1.807, 2.05) is 0 Å². The van der Waals surface area contributed by atoms with Crippen LogP contribution in [0.1, 0.15) is 78.1 Å². The quantitative estimate of drug-likeness (QED) is 0.613. The summed E-state index contributed by atoms with van der Waals surface area (Å²) in [6, 6.07) is 0. The normalized spacial score (nSPS) is 20.8. The molecule has 0 aliphatic heterocycles. The van der Waals surface area contributed by atoms with Gasteiger partial charge in [-0.1, -0.05) is 39.0 Å². The van der Waals surface area contributed by atoms with E-state index in [0.717, 1.165) is 12.5 Å². The summed E-state index contributed by atoms with van der Waals surface area (Å²) in [4.78, 5) is 0. The molecule has 1 aliphatic carbocycles. The van der Waals surface area contributed by atoms with Crippen LogP contribution in [-0.4, -0.2) is 18.6 Å². The van der Waals surface area contributed by atoms with Gasteiger partial charge in [0.1, 0.15) is 0 Å². The average molecular weight is 254 g/mol. The number of nitrogens with one attached hydrogen (secondary N) is 1. The van der Waals surface area contributed by atoms with Gasteiger partial charge in [-0.25, -0.2) is 0 Å². The molecule has 1 atom stereocenters. The van der Waals surface area contributed by atoms with Crippen LogP contribution in [0.3, 0.4) is 0 Å². The van der Waals surface area contributed by atoms with E-state index < -0.39 is 0 Å². The fourth-order valence-corrected chi connectivity index (χ4v) is 3.37. The lowest BCUT2D eigenvalue weighted by Crippen LogP contribution is -2.44. The third kappa shape index (κ3) is 6.19. The lowest BCUT2D eigenvalue weighted by molar-refractivity contribution is 0.250. The molecule has 0 aromatic rings. The third-order valence-electron chi connectivity index (χ3n) is 4.57. The Hall–Kier alpha value is -0.0800. The van der Waals surface area contributed by atoms with E-state index in [1.165, 1.54) is 70.8 Å². The Kier molecular flexibility index (Phi) is 7.92. The predicted molar refractivity (Wildman–Crippen MR) is 80.8 cm³/mol. The Bertz CT molecular complexity index is 191. The average Bonchev–Trinajstić information content (AvgIpc) is 2.36. The maximum absolute atomic E-state index is 5.69. The van der Waals surface area contributed by atoms with E-state index in [2.05, 4.69) is 19.2 Å².